The molecule has 0 aliphatic rings. The maximum Gasteiger partial charge on any atom is 0.287 e. The van der Waals surface area contributed by atoms with Gasteiger partial charge in [0.15, 0.2) is 0 Å². The first-order valence-electron chi connectivity index (χ1n) is 5.47. The van der Waals surface area contributed by atoms with Crippen molar-refractivity contribution in [2.45, 2.75) is 19.9 Å². The van der Waals surface area contributed by atoms with Gasteiger partial charge in [0, 0.05) is 24.9 Å². The Balaban J connectivity index is 2.68. The molecule has 0 aliphatic carbocycles. The number of rotatable bonds is 6. The molecule has 1 unspecified atom stereocenters. The molecule has 0 fully saturated rings. The van der Waals surface area contributed by atoms with E-state index in [1.807, 2.05) is 23.7 Å². The molecule has 1 heterocycles. The van der Waals surface area contributed by atoms with Crippen LogP contribution in [0.4, 0.5) is 11.5 Å². The molecule has 0 bridgehead atoms. The van der Waals surface area contributed by atoms with Gasteiger partial charge in [-0.25, -0.2) is 4.98 Å². The molecule has 0 aromatic carbocycles. The van der Waals surface area contributed by atoms with Crippen LogP contribution in [0.15, 0.2) is 18.3 Å². The van der Waals surface area contributed by atoms with Crippen LogP contribution in [-0.2, 0) is 0 Å². The highest BCUT2D eigenvalue weighted by molar-refractivity contribution is 7.99. The monoisotopic (exact) mass is 255 g/mol. The van der Waals surface area contributed by atoms with Crippen LogP contribution in [0.2, 0.25) is 0 Å². The van der Waals surface area contributed by atoms with Crippen molar-refractivity contribution < 1.29 is 4.92 Å². The SMILES string of the molecule is CCSCC(C)N(C)c1ccc([N+](=O)[O-])cn1. The molecule has 0 aliphatic heterocycles. The van der Waals surface area contributed by atoms with Crippen molar-refractivity contribution in [1.29, 1.82) is 0 Å². The number of nitro groups is 1. The van der Waals surface area contributed by atoms with E-state index in [-0.39, 0.29) is 5.69 Å². The Hall–Kier alpha value is -1.30. The smallest absolute Gasteiger partial charge is 0.287 e. The van der Waals surface area contributed by atoms with Crippen molar-refractivity contribution in [3.05, 3.63) is 28.4 Å². The summed E-state index contributed by atoms with van der Waals surface area (Å²) in [5.41, 5.74) is 0.0257. The highest BCUT2D eigenvalue weighted by Crippen LogP contribution is 2.17. The minimum absolute atomic E-state index is 0.0257. The highest BCUT2D eigenvalue weighted by atomic mass is 32.2. The summed E-state index contributed by atoms with van der Waals surface area (Å²) in [6.07, 6.45) is 1.30. The fraction of sp³-hybridized carbons (Fsp3) is 0.545. The molecule has 5 nitrogen and oxygen atoms in total. The Labute approximate surface area is 105 Å². The van der Waals surface area contributed by atoms with Gasteiger partial charge in [0.2, 0.25) is 0 Å². The van der Waals surface area contributed by atoms with E-state index in [1.165, 1.54) is 12.3 Å². The van der Waals surface area contributed by atoms with Gasteiger partial charge in [0.05, 0.1) is 4.92 Å². The first-order chi connectivity index (χ1) is 8.06. The molecule has 0 saturated heterocycles. The summed E-state index contributed by atoms with van der Waals surface area (Å²) >= 11 is 1.87. The first-order valence-corrected chi connectivity index (χ1v) is 6.62. The Morgan fingerprint density at radius 1 is 1.59 bits per heavy atom. The number of nitrogens with zero attached hydrogens (tertiary/aromatic N) is 3. The molecule has 0 saturated carbocycles. The van der Waals surface area contributed by atoms with E-state index in [2.05, 4.69) is 18.8 Å². The topological polar surface area (TPSA) is 59.3 Å². The maximum absolute atomic E-state index is 10.5. The van der Waals surface area contributed by atoms with E-state index in [4.69, 9.17) is 0 Å². The van der Waals surface area contributed by atoms with Crippen molar-refractivity contribution in [3.8, 4) is 0 Å². The molecule has 0 radical (unpaired) electrons. The fourth-order valence-corrected chi connectivity index (χ4v) is 2.12. The minimum Gasteiger partial charge on any atom is -0.356 e. The molecule has 0 N–H and O–H groups in total. The summed E-state index contributed by atoms with van der Waals surface area (Å²) in [7, 11) is 1.95. The zero-order valence-corrected chi connectivity index (χ0v) is 11.1. The molecule has 1 rings (SSSR count). The van der Waals surface area contributed by atoms with Gasteiger partial charge >= 0.3 is 0 Å². The number of aromatic nitrogens is 1. The molecule has 1 aromatic rings. The molecule has 94 valence electrons. The van der Waals surface area contributed by atoms with Gasteiger partial charge in [-0.1, -0.05) is 6.92 Å². The predicted molar refractivity (Wildman–Crippen MR) is 71.8 cm³/mol. The van der Waals surface area contributed by atoms with E-state index >= 15 is 0 Å². The summed E-state index contributed by atoms with van der Waals surface area (Å²) in [5.74, 6) is 2.87. The first kappa shape index (κ1) is 13.8. The van der Waals surface area contributed by atoms with Gasteiger partial charge in [-0.3, -0.25) is 10.1 Å². The Bertz CT molecular complexity index is 369. The van der Waals surface area contributed by atoms with Gasteiger partial charge in [-0.15, -0.1) is 0 Å². The summed E-state index contributed by atoms with van der Waals surface area (Å²) in [4.78, 5) is 16.2. The van der Waals surface area contributed by atoms with Crippen LogP contribution < -0.4 is 4.90 Å². The number of pyridine rings is 1. The van der Waals surface area contributed by atoms with Crippen LogP contribution in [0.3, 0.4) is 0 Å². The number of anilines is 1. The van der Waals surface area contributed by atoms with Crippen molar-refractivity contribution in [2.75, 3.05) is 23.5 Å². The van der Waals surface area contributed by atoms with Crippen LogP contribution >= 0.6 is 11.8 Å². The lowest BCUT2D eigenvalue weighted by Crippen LogP contribution is -2.31. The Morgan fingerprint density at radius 2 is 2.29 bits per heavy atom. The van der Waals surface area contributed by atoms with E-state index in [0.717, 1.165) is 17.3 Å². The number of hydrogen-bond acceptors (Lipinski definition) is 5. The molecule has 1 atom stereocenters. The lowest BCUT2D eigenvalue weighted by Gasteiger charge is -2.25. The lowest BCUT2D eigenvalue weighted by molar-refractivity contribution is -0.385. The van der Waals surface area contributed by atoms with Crippen LogP contribution in [0.1, 0.15) is 13.8 Å². The predicted octanol–water partition coefficient (Wildman–Crippen LogP) is 2.57. The third-order valence-corrected chi connectivity index (χ3v) is 3.66. The zero-order chi connectivity index (χ0) is 12.8. The second kappa shape index (κ2) is 6.44. The maximum atomic E-state index is 10.5. The van der Waals surface area contributed by atoms with Crippen molar-refractivity contribution in [1.82, 2.24) is 4.98 Å². The van der Waals surface area contributed by atoms with Crippen LogP contribution in [0.25, 0.3) is 0 Å². The summed E-state index contributed by atoms with van der Waals surface area (Å²) in [5, 5.41) is 10.5. The Morgan fingerprint density at radius 3 is 2.76 bits per heavy atom. The van der Waals surface area contributed by atoms with Gasteiger partial charge < -0.3 is 4.90 Å². The van der Waals surface area contributed by atoms with E-state index in [9.17, 15) is 10.1 Å². The third kappa shape index (κ3) is 3.89. The molecule has 0 spiro atoms. The summed E-state index contributed by atoms with van der Waals surface area (Å²) < 4.78 is 0. The zero-order valence-electron chi connectivity index (χ0n) is 10.3. The fourth-order valence-electron chi connectivity index (χ4n) is 1.32. The van der Waals surface area contributed by atoms with Crippen molar-refractivity contribution >= 4 is 23.3 Å². The van der Waals surface area contributed by atoms with Crippen LogP contribution in [0.5, 0.6) is 0 Å². The average molecular weight is 255 g/mol. The molecule has 1 aromatic heterocycles. The van der Waals surface area contributed by atoms with Crippen molar-refractivity contribution in [2.24, 2.45) is 0 Å². The minimum atomic E-state index is -0.437. The molecule has 17 heavy (non-hydrogen) atoms. The molecule has 0 amide bonds. The molecular weight excluding hydrogens is 238 g/mol. The van der Waals surface area contributed by atoms with Gasteiger partial charge in [0.25, 0.3) is 5.69 Å². The average Bonchev–Trinajstić information content (AvgIpc) is 2.35. The quantitative estimate of drug-likeness (QED) is 0.577. The van der Waals surface area contributed by atoms with Gasteiger partial charge in [-0.2, -0.15) is 11.8 Å². The largest absolute Gasteiger partial charge is 0.356 e. The molecule has 6 heteroatoms. The van der Waals surface area contributed by atoms with Gasteiger partial charge in [-0.05, 0) is 18.7 Å². The summed E-state index contributed by atoms with van der Waals surface area (Å²) in [6.45, 7) is 4.24. The van der Waals surface area contributed by atoms with E-state index in [1.54, 1.807) is 6.07 Å². The van der Waals surface area contributed by atoms with Crippen LogP contribution in [0, 0.1) is 10.1 Å². The summed E-state index contributed by atoms with van der Waals surface area (Å²) in [6, 6.07) is 3.53. The number of hydrogen-bond donors (Lipinski definition) is 0. The number of thioether (sulfide) groups is 1. The highest BCUT2D eigenvalue weighted by Gasteiger charge is 2.12. The van der Waals surface area contributed by atoms with Crippen LogP contribution in [-0.4, -0.2) is 34.5 Å². The normalized spacial score (nSPS) is 12.2. The second-order valence-corrected chi connectivity index (χ2v) is 5.07. The van der Waals surface area contributed by atoms with E-state index < -0.39 is 4.92 Å². The molecular formula is C11H17N3O2S. The van der Waals surface area contributed by atoms with Gasteiger partial charge in [0.1, 0.15) is 12.0 Å². The lowest BCUT2D eigenvalue weighted by atomic mass is 10.3. The Kier molecular flexibility index (Phi) is 5.21. The second-order valence-electron chi connectivity index (χ2n) is 3.75. The van der Waals surface area contributed by atoms with Crippen molar-refractivity contribution in [3.63, 3.8) is 0 Å². The standard InChI is InChI=1S/C11H17N3O2S/c1-4-17-8-9(2)13(3)11-6-5-10(7-12-11)14(15)16/h5-7,9H,4,8H2,1-3H3. The third-order valence-electron chi connectivity index (χ3n) is 2.53. The van der Waals surface area contributed by atoms with E-state index in [0.29, 0.717) is 6.04 Å².